The van der Waals surface area contributed by atoms with Crippen LogP contribution in [0.4, 0.5) is 0 Å². The lowest BCUT2D eigenvalue weighted by molar-refractivity contribution is -0.130. The molecule has 3 nitrogen and oxygen atoms in total. The normalized spacial score (nSPS) is 19.8. The van der Waals surface area contributed by atoms with Crippen LogP contribution in [0.1, 0.15) is 18.4 Å². The molecule has 1 N–H and O–H groups in total. The van der Waals surface area contributed by atoms with Crippen LogP contribution in [0.3, 0.4) is 0 Å². The Morgan fingerprint density at radius 3 is 3.06 bits per heavy atom. The van der Waals surface area contributed by atoms with Crippen LogP contribution in [0.5, 0.6) is 5.75 Å². The van der Waals surface area contributed by atoms with Gasteiger partial charge in [0.1, 0.15) is 11.6 Å². The van der Waals surface area contributed by atoms with Crippen LogP contribution in [0.15, 0.2) is 24.3 Å². The average molecular weight is 268 g/mol. The first kappa shape index (κ1) is 13.2. The van der Waals surface area contributed by atoms with Crippen molar-refractivity contribution < 1.29 is 9.90 Å². The van der Waals surface area contributed by atoms with Gasteiger partial charge in [0.2, 0.25) is 5.91 Å². The Kier molecular flexibility index (Phi) is 4.48. The van der Waals surface area contributed by atoms with Crippen LogP contribution in [0.2, 0.25) is 0 Å². The molecule has 1 aromatic rings. The van der Waals surface area contributed by atoms with E-state index < -0.39 is 0 Å². The number of likely N-dealkylation sites (tertiary alicyclic amines) is 1. The first-order chi connectivity index (χ1) is 8.69. The molecule has 2 rings (SSSR count). The predicted molar refractivity (Wildman–Crippen MR) is 71.8 cm³/mol. The van der Waals surface area contributed by atoms with E-state index in [0.717, 1.165) is 37.9 Å². The largest absolute Gasteiger partial charge is 0.508 e. The molecule has 1 amide bonds. The number of phenols is 1. The summed E-state index contributed by atoms with van der Waals surface area (Å²) in [5.41, 5.74) is 1.13. The molecule has 0 saturated carbocycles. The third kappa shape index (κ3) is 3.39. The van der Waals surface area contributed by atoms with Crippen molar-refractivity contribution in [3.8, 4) is 5.75 Å². The number of rotatable bonds is 3. The van der Waals surface area contributed by atoms with Gasteiger partial charge in [0.15, 0.2) is 0 Å². The molecule has 1 unspecified atom stereocenters. The number of alkyl halides is 1. The van der Waals surface area contributed by atoms with Gasteiger partial charge >= 0.3 is 0 Å². The van der Waals surface area contributed by atoms with E-state index in [4.69, 9.17) is 11.6 Å². The molecule has 18 heavy (non-hydrogen) atoms. The van der Waals surface area contributed by atoms with E-state index in [9.17, 15) is 9.90 Å². The van der Waals surface area contributed by atoms with Crippen LogP contribution in [0.25, 0.3) is 0 Å². The fourth-order valence-corrected chi connectivity index (χ4v) is 2.73. The minimum absolute atomic E-state index is 0.0253. The second-order valence-corrected chi connectivity index (χ2v) is 5.12. The van der Waals surface area contributed by atoms with Gasteiger partial charge in [-0.25, -0.2) is 0 Å². The van der Waals surface area contributed by atoms with Crippen molar-refractivity contribution in [3.05, 3.63) is 29.8 Å². The highest BCUT2D eigenvalue weighted by atomic mass is 35.5. The number of hydrogen-bond acceptors (Lipinski definition) is 2. The van der Waals surface area contributed by atoms with Crippen molar-refractivity contribution in [3.63, 3.8) is 0 Å². The third-order valence-electron chi connectivity index (χ3n) is 3.42. The van der Waals surface area contributed by atoms with E-state index >= 15 is 0 Å². The molecule has 0 bridgehead atoms. The van der Waals surface area contributed by atoms with Crippen LogP contribution in [-0.4, -0.2) is 34.9 Å². The van der Waals surface area contributed by atoms with Crippen LogP contribution < -0.4 is 0 Å². The van der Waals surface area contributed by atoms with Crippen LogP contribution >= 0.6 is 11.6 Å². The van der Waals surface area contributed by atoms with Gasteiger partial charge in [0.05, 0.1) is 0 Å². The maximum atomic E-state index is 11.6. The number of carbonyl (C=O) groups is 1. The summed E-state index contributed by atoms with van der Waals surface area (Å²) in [7, 11) is 0. The topological polar surface area (TPSA) is 40.5 Å². The number of benzene rings is 1. The van der Waals surface area contributed by atoms with Gasteiger partial charge in [-0.3, -0.25) is 4.79 Å². The molecule has 0 radical (unpaired) electrons. The monoisotopic (exact) mass is 267 g/mol. The van der Waals surface area contributed by atoms with Crippen molar-refractivity contribution in [1.82, 2.24) is 4.90 Å². The summed E-state index contributed by atoms with van der Waals surface area (Å²) in [5, 5.41) is 9.44. The van der Waals surface area contributed by atoms with E-state index in [2.05, 4.69) is 0 Å². The molecule has 4 heteroatoms. The third-order valence-corrected chi connectivity index (χ3v) is 3.65. The van der Waals surface area contributed by atoms with Gasteiger partial charge < -0.3 is 10.0 Å². The van der Waals surface area contributed by atoms with E-state index in [-0.39, 0.29) is 11.8 Å². The van der Waals surface area contributed by atoms with Gasteiger partial charge in [0, 0.05) is 13.1 Å². The zero-order valence-electron chi connectivity index (χ0n) is 10.3. The molecule has 1 aromatic carbocycles. The van der Waals surface area contributed by atoms with Crippen LogP contribution in [-0.2, 0) is 11.2 Å². The van der Waals surface area contributed by atoms with Gasteiger partial charge in [-0.2, -0.15) is 0 Å². The number of halogens is 1. The number of piperidine rings is 1. The molecule has 0 spiro atoms. The first-order valence-corrected chi connectivity index (χ1v) is 6.84. The minimum Gasteiger partial charge on any atom is -0.508 e. The summed E-state index contributed by atoms with van der Waals surface area (Å²) >= 11 is 5.59. The Labute approximate surface area is 112 Å². The minimum atomic E-state index is 0.0253. The molecule has 0 aromatic heterocycles. The van der Waals surface area contributed by atoms with Gasteiger partial charge in [-0.15, -0.1) is 11.6 Å². The molecule has 1 aliphatic rings. The van der Waals surface area contributed by atoms with Crippen molar-refractivity contribution in [2.24, 2.45) is 5.92 Å². The van der Waals surface area contributed by atoms with E-state index in [1.807, 2.05) is 17.0 Å². The Morgan fingerprint density at radius 1 is 1.50 bits per heavy atom. The van der Waals surface area contributed by atoms with Crippen molar-refractivity contribution in [1.29, 1.82) is 0 Å². The highest BCUT2D eigenvalue weighted by molar-refractivity contribution is 6.27. The Morgan fingerprint density at radius 2 is 2.33 bits per heavy atom. The van der Waals surface area contributed by atoms with Crippen molar-refractivity contribution >= 4 is 17.5 Å². The number of hydrogen-bond donors (Lipinski definition) is 1. The molecule has 1 atom stereocenters. The quantitative estimate of drug-likeness (QED) is 0.855. The second-order valence-electron chi connectivity index (χ2n) is 4.86. The summed E-state index contributed by atoms with van der Waals surface area (Å²) in [5.74, 6) is 0.862. The summed E-state index contributed by atoms with van der Waals surface area (Å²) < 4.78 is 0. The number of amides is 1. The maximum Gasteiger partial charge on any atom is 0.237 e. The molecule has 1 aliphatic heterocycles. The van der Waals surface area contributed by atoms with Gasteiger partial charge in [0.25, 0.3) is 0 Å². The number of nitrogens with zero attached hydrogens (tertiary/aromatic N) is 1. The summed E-state index contributed by atoms with van der Waals surface area (Å²) in [4.78, 5) is 13.4. The lowest BCUT2D eigenvalue weighted by Crippen LogP contribution is -2.41. The van der Waals surface area contributed by atoms with E-state index in [0.29, 0.717) is 11.7 Å². The predicted octanol–water partition coefficient (Wildman–Crippen LogP) is 2.41. The number of phenolic OH excluding ortho intramolecular Hbond substituents is 1. The first-order valence-electron chi connectivity index (χ1n) is 6.30. The smallest absolute Gasteiger partial charge is 0.237 e. The highest BCUT2D eigenvalue weighted by Gasteiger charge is 2.23. The number of carbonyl (C=O) groups excluding carboxylic acids is 1. The van der Waals surface area contributed by atoms with Crippen molar-refractivity contribution in [2.45, 2.75) is 19.3 Å². The van der Waals surface area contributed by atoms with E-state index in [1.54, 1.807) is 12.1 Å². The molecule has 0 aliphatic carbocycles. The Balaban J connectivity index is 1.95. The average Bonchev–Trinajstić information content (AvgIpc) is 2.38. The van der Waals surface area contributed by atoms with Gasteiger partial charge in [-0.1, -0.05) is 12.1 Å². The second kappa shape index (κ2) is 6.10. The molecule has 1 fully saturated rings. The van der Waals surface area contributed by atoms with Crippen LogP contribution in [0, 0.1) is 5.92 Å². The maximum absolute atomic E-state index is 11.6. The SMILES string of the molecule is O=C(CCl)N1CCCC(Cc2cccc(O)c2)C1. The fourth-order valence-electron chi connectivity index (χ4n) is 2.56. The summed E-state index contributed by atoms with van der Waals surface area (Å²) in [6.45, 7) is 1.60. The van der Waals surface area contributed by atoms with Gasteiger partial charge in [-0.05, 0) is 42.9 Å². The number of aromatic hydroxyl groups is 1. The lowest BCUT2D eigenvalue weighted by atomic mass is 9.91. The Hall–Kier alpha value is -1.22. The highest BCUT2D eigenvalue weighted by Crippen LogP contribution is 2.22. The Bertz CT molecular complexity index is 422. The molecular formula is C14H18ClNO2. The lowest BCUT2D eigenvalue weighted by Gasteiger charge is -2.32. The zero-order valence-corrected chi connectivity index (χ0v) is 11.1. The van der Waals surface area contributed by atoms with E-state index in [1.165, 1.54) is 0 Å². The standard InChI is InChI=1S/C14H18ClNO2/c15-9-14(18)16-6-2-4-12(10-16)7-11-3-1-5-13(17)8-11/h1,3,5,8,12,17H,2,4,6-7,9-10H2. The molecule has 1 heterocycles. The summed E-state index contributed by atoms with van der Waals surface area (Å²) in [6.07, 6.45) is 3.06. The molecule has 1 saturated heterocycles. The molecule has 98 valence electrons. The summed E-state index contributed by atoms with van der Waals surface area (Å²) in [6, 6.07) is 7.34. The zero-order chi connectivity index (χ0) is 13.0. The van der Waals surface area contributed by atoms with Crippen molar-refractivity contribution in [2.75, 3.05) is 19.0 Å². The fraction of sp³-hybridized carbons (Fsp3) is 0.500. The molecular weight excluding hydrogens is 250 g/mol.